The van der Waals surface area contributed by atoms with Gasteiger partial charge in [-0.1, -0.05) is 6.92 Å². The van der Waals surface area contributed by atoms with Crippen molar-refractivity contribution in [2.24, 2.45) is 35.0 Å². The van der Waals surface area contributed by atoms with E-state index in [1.165, 1.54) is 0 Å². The molecule has 1 aromatic rings. The number of aromatic nitrogens is 2. The Kier molecular flexibility index (Phi) is 4.51. The molecular formula is C24H35FN2O2. The molecule has 1 heterocycles. The summed E-state index contributed by atoms with van der Waals surface area (Å²) in [6.07, 6.45) is 12.9. The molecule has 0 radical (unpaired) electrons. The van der Waals surface area contributed by atoms with E-state index in [4.69, 9.17) is 0 Å². The standard InChI is InChI=1S/C24H35FN2O2/c1-22(29)9-10-24(25)16(13-22)3-4-17-18-5-6-20(23(18,2)8-7-19(17)24)21(28)14-27-12-11-26-15-27/h11-12,15-20,29H,3-10,13-14H2,1-2H3/t16-,17+,18+,19+,20-,22-,23+,24-/m1/s1. The first kappa shape index (κ1) is 19.7. The Labute approximate surface area is 173 Å². The molecule has 0 amide bonds. The number of fused-ring (bicyclic) bond motifs is 5. The van der Waals surface area contributed by atoms with E-state index in [0.717, 1.165) is 38.5 Å². The molecular weight excluding hydrogens is 367 g/mol. The quantitative estimate of drug-likeness (QED) is 0.806. The van der Waals surface area contributed by atoms with Gasteiger partial charge in [-0.3, -0.25) is 4.79 Å². The molecule has 8 atom stereocenters. The SMILES string of the molecule is C[C@@]1(O)CC[C@@]2(F)[C@H](CC[C@H]3[C@@H]4CC[C@H](C(=O)Cn5ccnc5)[C@@]4(C)CC[C@@H]32)C1. The van der Waals surface area contributed by atoms with Crippen LogP contribution in [-0.4, -0.2) is 31.7 Å². The summed E-state index contributed by atoms with van der Waals surface area (Å²) in [4.78, 5) is 17.2. The van der Waals surface area contributed by atoms with Gasteiger partial charge in [-0.05, 0) is 93.8 Å². The van der Waals surface area contributed by atoms with Crippen LogP contribution >= 0.6 is 0 Å². The summed E-state index contributed by atoms with van der Waals surface area (Å²) in [5.41, 5.74) is -1.79. The maximum absolute atomic E-state index is 16.4. The molecule has 0 unspecified atom stereocenters. The number of hydrogen-bond donors (Lipinski definition) is 1. The Morgan fingerprint density at radius 3 is 2.72 bits per heavy atom. The predicted molar refractivity (Wildman–Crippen MR) is 109 cm³/mol. The molecule has 4 saturated carbocycles. The van der Waals surface area contributed by atoms with E-state index in [-0.39, 0.29) is 23.2 Å². The normalized spacial score (nSPS) is 49.2. The lowest BCUT2D eigenvalue weighted by atomic mass is 9.48. The molecule has 5 rings (SSSR count). The van der Waals surface area contributed by atoms with Crippen LogP contribution < -0.4 is 0 Å². The highest BCUT2D eigenvalue weighted by Gasteiger charge is 2.63. The van der Waals surface area contributed by atoms with Crippen LogP contribution in [0.1, 0.15) is 71.6 Å². The maximum atomic E-state index is 16.4. The third kappa shape index (κ3) is 3.02. The van der Waals surface area contributed by atoms with Crippen LogP contribution in [0.4, 0.5) is 4.39 Å². The molecule has 4 aliphatic rings. The topological polar surface area (TPSA) is 55.1 Å². The number of hydrogen-bond acceptors (Lipinski definition) is 3. The molecule has 0 aliphatic heterocycles. The number of aliphatic hydroxyl groups is 1. The summed E-state index contributed by atoms with van der Waals surface area (Å²) in [6.45, 7) is 4.61. The molecule has 1 N–H and O–H groups in total. The van der Waals surface area contributed by atoms with Gasteiger partial charge in [0.2, 0.25) is 0 Å². The molecule has 0 aromatic carbocycles. The zero-order valence-electron chi connectivity index (χ0n) is 17.8. The fourth-order valence-electron chi connectivity index (χ4n) is 8.18. The van der Waals surface area contributed by atoms with E-state index >= 15 is 4.39 Å². The minimum atomic E-state index is -1.11. The Hall–Kier alpha value is -1.23. The number of ketones is 1. The van der Waals surface area contributed by atoms with E-state index in [1.807, 2.05) is 17.7 Å². The molecule has 0 saturated heterocycles. The summed E-state index contributed by atoms with van der Waals surface area (Å²) < 4.78 is 18.3. The molecule has 1 aromatic heterocycles. The molecule has 0 spiro atoms. The molecule has 5 heteroatoms. The van der Waals surface area contributed by atoms with E-state index in [2.05, 4.69) is 11.9 Å². The fourth-order valence-corrected chi connectivity index (χ4v) is 8.18. The molecule has 4 nitrogen and oxygen atoms in total. The number of nitrogens with zero attached hydrogens (tertiary/aromatic N) is 2. The summed E-state index contributed by atoms with van der Waals surface area (Å²) >= 11 is 0. The van der Waals surface area contributed by atoms with E-state index in [0.29, 0.717) is 43.4 Å². The number of alkyl halides is 1. The lowest BCUT2D eigenvalue weighted by Gasteiger charge is -2.59. The number of halogens is 1. The Morgan fingerprint density at radius 1 is 1.14 bits per heavy atom. The van der Waals surface area contributed by atoms with E-state index < -0.39 is 11.3 Å². The number of rotatable bonds is 3. The summed E-state index contributed by atoms with van der Waals surface area (Å²) in [7, 11) is 0. The Morgan fingerprint density at radius 2 is 1.97 bits per heavy atom. The van der Waals surface area contributed by atoms with Gasteiger partial charge in [0.15, 0.2) is 5.78 Å². The molecule has 4 aliphatic carbocycles. The van der Waals surface area contributed by atoms with Crippen molar-refractivity contribution in [2.45, 2.75) is 89.4 Å². The van der Waals surface area contributed by atoms with Crippen LogP contribution in [0.25, 0.3) is 0 Å². The highest BCUT2D eigenvalue weighted by atomic mass is 19.1. The van der Waals surface area contributed by atoms with Crippen LogP contribution in [0.3, 0.4) is 0 Å². The molecule has 0 bridgehead atoms. The number of carbonyl (C=O) groups excluding carboxylic acids is 1. The van der Waals surface area contributed by atoms with Gasteiger partial charge in [0.25, 0.3) is 0 Å². The predicted octanol–water partition coefficient (Wildman–Crippen LogP) is 4.56. The van der Waals surface area contributed by atoms with E-state index in [9.17, 15) is 9.90 Å². The number of carbonyl (C=O) groups is 1. The first-order chi connectivity index (χ1) is 13.7. The van der Waals surface area contributed by atoms with Gasteiger partial charge >= 0.3 is 0 Å². The lowest BCUT2D eigenvalue weighted by Crippen LogP contribution is -2.58. The second kappa shape index (κ2) is 6.63. The van der Waals surface area contributed by atoms with Crippen LogP contribution in [0.2, 0.25) is 0 Å². The molecule has 4 fully saturated rings. The van der Waals surface area contributed by atoms with Crippen LogP contribution in [0, 0.1) is 35.0 Å². The van der Waals surface area contributed by atoms with Crippen molar-refractivity contribution >= 4 is 5.78 Å². The highest BCUT2D eigenvalue weighted by Crippen LogP contribution is 2.66. The third-order valence-electron chi connectivity index (χ3n) is 9.60. The zero-order chi connectivity index (χ0) is 20.4. The van der Waals surface area contributed by atoms with Crippen LogP contribution in [0.5, 0.6) is 0 Å². The van der Waals surface area contributed by atoms with Gasteiger partial charge in [-0.15, -0.1) is 0 Å². The van der Waals surface area contributed by atoms with Crippen molar-refractivity contribution < 1.29 is 14.3 Å². The van der Waals surface area contributed by atoms with Crippen molar-refractivity contribution in [1.29, 1.82) is 0 Å². The maximum Gasteiger partial charge on any atom is 0.156 e. The smallest absolute Gasteiger partial charge is 0.156 e. The number of imidazole rings is 1. The summed E-state index contributed by atoms with van der Waals surface area (Å²) in [5.74, 6) is 1.42. The average molecular weight is 403 g/mol. The lowest BCUT2D eigenvalue weighted by molar-refractivity contribution is -0.165. The van der Waals surface area contributed by atoms with Gasteiger partial charge < -0.3 is 9.67 Å². The summed E-state index contributed by atoms with van der Waals surface area (Å²) in [6, 6.07) is 0. The van der Waals surface area contributed by atoms with Gasteiger partial charge in [-0.2, -0.15) is 0 Å². The minimum absolute atomic E-state index is 0.0110. The second-order valence-corrected chi connectivity index (χ2v) is 11.2. The van der Waals surface area contributed by atoms with Crippen molar-refractivity contribution in [1.82, 2.24) is 9.55 Å². The monoisotopic (exact) mass is 402 g/mol. The fraction of sp³-hybridized carbons (Fsp3) is 0.833. The first-order valence-electron chi connectivity index (χ1n) is 11.6. The summed E-state index contributed by atoms with van der Waals surface area (Å²) in [5, 5.41) is 10.5. The van der Waals surface area contributed by atoms with Crippen molar-refractivity contribution in [3.8, 4) is 0 Å². The number of Topliss-reactive ketones (excluding diaryl/α,β-unsaturated/α-hetero) is 1. The average Bonchev–Trinajstić information content (AvgIpc) is 3.29. The first-order valence-corrected chi connectivity index (χ1v) is 11.6. The van der Waals surface area contributed by atoms with Gasteiger partial charge in [0.1, 0.15) is 5.67 Å². The van der Waals surface area contributed by atoms with Crippen molar-refractivity contribution in [2.75, 3.05) is 0 Å². The van der Waals surface area contributed by atoms with Gasteiger partial charge in [0, 0.05) is 18.3 Å². The van der Waals surface area contributed by atoms with Crippen molar-refractivity contribution in [3.05, 3.63) is 18.7 Å². The zero-order valence-corrected chi connectivity index (χ0v) is 17.8. The Bertz CT molecular complexity index is 778. The van der Waals surface area contributed by atoms with Crippen LogP contribution in [0.15, 0.2) is 18.7 Å². The van der Waals surface area contributed by atoms with Gasteiger partial charge in [0.05, 0.1) is 18.5 Å². The third-order valence-corrected chi connectivity index (χ3v) is 9.60. The highest BCUT2D eigenvalue weighted by molar-refractivity contribution is 5.82. The van der Waals surface area contributed by atoms with Gasteiger partial charge in [-0.25, -0.2) is 9.37 Å². The molecule has 29 heavy (non-hydrogen) atoms. The minimum Gasteiger partial charge on any atom is -0.390 e. The largest absolute Gasteiger partial charge is 0.390 e. The van der Waals surface area contributed by atoms with Crippen LogP contribution in [-0.2, 0) is 11.3 Å². The van der Waals surface area contributed by atoms with E-state index in [1.54, 1.807) is 12.5 Å². The Balaban J connectivity index is 1.36. The van der Waals surface area contributed by atoms with Crippen molar-refractivity contribution in [3.63, 3.8) is 0 Å². The second-order valence-electron chi connectivity index (χ2n) is 11.2. The molecule has 160 valence electrons.